The van der Waals surface area contributed by atoms with Gasteiger partial charge in [0.2, 0.25) is 23.1 Å². The number of halogens is 1. The second-order valence-electron chi connectivity index (χ2n) is 17.9. The number of rotatable bonds is 18. The van der Waals surface area contributed by atoms with Crippen LogP contribution in [0.4, 0.5) is 0 Å². The summed E-state index contributed by atoms with van der Waals surface area (Å²) in [6.07, 6.45) is 0.662. The maximum Gasteiger partial charge on any atom is 0.225 e. The number of Topliss-reactive ketones (excluding diaryl/α,β-unsaturated/α-hetero) is 4. The largest absolute Gasteiger partial charge is 1.00 e. The number of hydrogen-bond acceptors (Lipinski definition) is 4. The summed E-state index contributed by atoms with van der Waals surface area (Å²) in [5, 5.41) is 0. The summed E-state index contributed by atoms with van der Waals surface area (Å²) in [4.78, 5) is 67.2. The Bertz CT molecular complexity index is 2980. The molecule has 0 fully saturated rings. The smallest absolute Gasteiger partial charge is 0.225 e. The average molecular weight is 949 g/mol. The van der Waals surface area contributed by atoms with Gasteiger partial charge >= 0.3 is 0 Å². The minimum atomic E-state index is -1.38. The molecule has 0 amide bonds. The van der Waals surface area contributed by atoms with Crippen LogP contribution in [-0.4, -0.2) is 27.6 Å². The third kappa shape index (κ3) is 10.0. The summed E-state index contributed by atoms with van der Waals surface area (Å²) in [5.41, 5.74) is 7.66. The van der Waals surface area contributed by atoms with E-state index >= 15 is 19.2 Å². The van der Waals surface area contributed by atoms with Gasteiger partial charge in [-0.3, -0.25) is 23.7 Å². The first kappa shape index (κ1) is 49.3. The van der Waals surface area contributed by atoms with Crippen molar-refractivity contribution in [1.82, 2.24) is 0 Å². The fourth-order valence-electron chi connectivity index (χ4n) is 10.5. The Hall–Kier alpha value is -8.09. The molecule has 0 bridgehead atoms. The number of nitrogens with zero attached hydrogens (tertiary/aromatic N) is 1. The van der Waals surface area contributed by atoms with Crippen LogP contribution in [0.25, 0.3) is 0 Å². The molecule has 4 atom stereocenters. The van der Waals surface area contributed by atoms with Crippen LogP contribution >= 0.6 is 0 Å². The summed E-state index contributed by atoms with van der Waals surface area (Å²) in [5.74, 6) is -1.39. The Morgan fingerprint density at radius 3 is 0.901 bits per heavy atom. The molecule has 6 heteroatoms. The van der Waals surface area contributed by atoms with Crippen LogP contribution in [0.5, 0.6) is 0 Å². The molecule has 0 saturated heterocycles. The Balaban J connectivity index is 0.00000676. The first-order chi connectivity index (χ1) is 34.3. The number of benzene rings is 9. The van der Waals surface area contributed by atoms with Crippen LogP contribution in [0, 0.1) is 13.8 Å². The zero-order chi connectivity index (χ0) is 48.5. The molecule has 0 spiro atoms. The summed E-state index contributed by atoms with van der Waals surface area (Å²) in [6.45, 7) is 4.03. The van der Waals surface area contributed by atoms with Gasteiger partial charge in [0.05, 0.1) is 0 Å². The Morgan fingerprint density at radius 2 is 0.592 bits per heavy atom. The molecule has 0 heterocycles. The standard InChI is InChI=1S/C65H54NO4.ClH/c1-46-47(2)57(44-43-56(46)45-48-27-11-3-12-28-48)65(70)61(52-35-19-7-20-36-52)66(58(49-29-13-4-14-30-49)62(67)53-37-21-8-22-38-53,59(50-31-15-5-16-32-50)63(68)54-39-23-9-24-40-54)60(51-33-17-6-18-34-51)64(69)55-41-25-10-26-42-55;/h3-44,58-61H,45H2,1-2H3;1H/q+1;/p-1. The van der Waals surface area contributed by atoms with Crippen molar-refractivity contribution < 1.29 is 36.1 Å². The number of carbonyl (C=O) groups excluding carboxylic acids is 4. The predicted octanol–water partition coefficient (Wildman–Crippen LogP) is 11.5. The lowest BCUT2D eigenvalue weighted by atomic mass is 9.76. The molecular weight excluding hydrogens is 894 g/mol. The van der Waals surface area contributed by atoms with E-state index in [1.807, 2.05) is 220 Å². The molecule has 0 aliphatic heterocycles. The highest BCUT2D eigenvalue weighted by Crippen LogP contribution is 2.58. The number of ketones is 4. The van der Waals surface area contributed by atoms with Crippen molar-refractivity contribution in [3.05, 3.63) is 322 Å². The van der Waals surface area contributed by atoms with Gasteiger partial charge in [0, 0.05) is 44.5 Å². The molecule has 0 aliphatic rings. The van der Waals surface area contributed by atoms with Crippen molar-refractivity contribution in [1.29, 1.82) is 0 Å². The maximum absolute atomic E-state index is 17.2. The highest BCUT2D eigenvalue weighted by Gasteiger charge is 2.65. The number of carbonyl (C=O) groups is 4. The second kappa shape index (κ2) is 22.6. The molecule has 9 aromatic rings. The van der Waals surface area contributed by atoms with Crippen molar-refractivity contribution >= 4 is 23.1 Å². The van der Waals surface area contributed by atoms with E-state index in [0.717, 1.165) is 22.3 Å². The lowest BCUT2D eigenvalue weighted by Crippen LogP contribution is -3.00. The van der Waals surface area contributed by atoms with Crippen molar-refractivity contribution in [3.8, 4) is 0 Å². The zero-order valence-electron chi connectivity index (χ0n) is 39.7. The third-order valence-corrected chi connectivity index (χ3v) is 13.8. The van der Waals surface area contributed by atoms with Crippen LogP contribution in [0.2, 0.25) is 0 Å². The van der Waals surface area contributed by atoms with E-state index in [4.69, 9.17) is 0 Å². The quantitative estimate of drug-likeness (QED) is 0.0635. The minimum absolute atomic E-state index is 0. The molecule has 9 rings (SSSR count). The molecule has 9 aromatic carbocycles. The van der Waals surface area contributed by atoms with Gasteiger partial charge in [-0.15, -0.1) is 0 Å². The van der Waals surface area contributed by atoms with Crippen LogP contribution < -0.4 is 12.4 Å². The van der Waals surface area contributed by atoms with Gasteiger partial charge in [-0.05, 0) is 42.5 Å². The zero-order valence-corrected chi connectivity index (χ0v) is 40.5. The molecule has 350 valence electrons. The van der Waals surface area contributed by atoms with E-state index < -0.39 is 28.7 Å². The summed E-state index contributed by atoms with van der Waals surface area (Å²) in [7, 11) is 0. The molecule has 0 aliphatic carbocycles. The third-order valence-electron chi connectivity index (χ3n) is 13.8. The van der Waals surface area contributed by atoms with Gasteiger partial charge in [-0.2, -0.15) is 0 Å². The van der Waals surface area contributed by atoms with Crippen LogP contribution in [-0.2, 0) is 6.42 Å². The normalized spacial score (nSPS) is 13.5. The van der Waals surface area contributed by atoms with E-state index in [9.17, 15) is 0 Å². The SMILES string of the molecule is Cc1c(Cc2ccccc2)ccc(C(=O)C(c2ccccc2)[N+](C(C(=O)c2ccccc2)c2ccccc2)(C(C(=O)c2ccccc2)c2ccccc2)C(C(=O)c2ccccc2)c2ccccc2)c1C.[Cl-]. The van der Waals surface area contributed by atoms with Crippen molar-refractivity contribution in [3.63, 3.8) is 0 Å². The van der Waals surface area contributed by atoms with Gasteiger partial charge in [0.25, 0.3) is 0 Å². The average Bonchev–Trinajstić information content (AvgIpc) is 3.42. The van der Waals surface area contributed by atoms with E-state index in [2.05, 4.69) is 12.1 Å². The van der Waals surface area contributed by atoms with Gasteiger partial charge in [-0.25, -0.2) is 0 Å². The molecule has 5 nitrogen and oxygen atoms in total. The van der Waals surface area contributed by atoms with Gasteiger partial charge in [0.15, 0.2) is 24.2 Å². The van der Waals surface area contributed by atoms with Crippen molar-refractivity contribution in [2.75, 3.05) is 0 Å². The first-order valence-corrected chi connectivity index (χ1v) is 23.8. The Morgan fingerprint density at radius 1 is 0.324 bits per heavy atom. The Labute approximate surface area is 423 Å². The van der Waals surface area contributed by atoms with Gasteiger partial charge < -0.3 is 12.4 Å². The molecular formula is C65H54ClNO4. The summed E-state index contributed by atoms with van der Waals surface area (Å²) in [6, 6.07) is 73.6. The highest BCUT2D eigenvalue weighted by atomic mass is 35.5. The van der Waals surface area contributed by atoms with Crippen LogP contribution in [0.3, 0.4) is 0 Å². The molecule has 0 N–H and O–H groups in total. The summed E-state index contributed by atoms with van der Waals surface area (Å²) >= 11 is 0. The van der Waals surface area contributed by atoms with Crippen LogP contribution in [0.15, 0.2) is 255 Å². The monoisotopic (exact) mass is 947 g/mol. The van der Waals surface area contributed by atoms with Gasteiger partial charge in [0.1, 0.15) is 0 Å². The van der Waals surface area contributed by atoms with Gasteiger partial charge in [-0.1, -0.05) is 255 Å². The number of hydrogen-bond donors (Lipinski definition) is 0. The molecule has 0 aromatic heterocycles. The van der Waals surface area contributed by atoms with E-state index in [1.54, 1.807) is 36.4 Å². The topological polar surface area (TPSA) is 68.3 Å². The maximum atomic E-state index is 17.2. The molecule has 0 saturated carbocycles. The van der Waals surface area contributed by atoms with E-state index in [0.29, 0.717) is 50.9 Å². The first-order valence-electron chi connectivity index (χ1n) is 23.8. The molecule has 71 heavy (non-hydrogen) atoms. The Kier molecular flexibility index (Phi) is 15.7. The fraction of sp³-hybridized carbons (Fsp3) is 0.108. The second-order valence-corrected chi connectivity index (χ2v) is 17.9. The molecule has 0 radical (unpaired) electrons. The summed E-state index contributed by atoms with van der Waals surface area (Å²) < 4.78 is -0.694. The lowest BCUT2D eigenvalue weighted by molar-refractivity contribution is -1.00. The lowest BCUT2D eigenvalue weighted by Gasteiger charge is -2.56. The van der Waals surface area contributed by atoms with Crippen LogP contribution in [0.1, 0.15) is 110 Å². The highest BCUT2D eigenvalue weighted by molar-refractivity contribution is 6.07. The van der Waals surface area contributed by atoms with E-state index in [-0.39, 0.29) is 35.5 Å². The number of quaternary nitrogens is 1. The molecule has 4 unspecified atom stereocenters. The van der Waals surface area contributed by atoms with E-state index in [1.165, 1.54) is 0 Å². The fourth-order valence-corrected chi connectivity index (χ4v) is 10.5. The predicted molar refractivity (Wildman–Crippen MR) is 279 cm³/mol. The minimum Gasteiger partial charge on any atom is -1.00 e. The van der Waals surface area contributed by atoms with Crippen molar-refractivity contribution in [2.24, 2.45) is 0 Å². The van der Waals surface area contributed by atoms with Crippen molar-refractivity contribution in [2.45, 2.75) is 44.4 Å².